The summed E-state index contributed by atoms with van der Waals surface area (Å²) in [7, 11) is 0. The number of pyridine rings is 1. The number of amides is 1. The highest BCUT2D eigenvalue weighted by Gasteiger charge is 2.47. The summed E-state index contributed by atoms with van der Waals surface area (Å²) >= 11 is 5.91. The van der Waals surface area contributed by atoms with Crippen molar-refractivity contribution in [1.29, 1.82) is 0 Å². The van der Waals surface area contributed by atoms with E-state index >= 15 is 0 Å². The average Bonchev–Trinajstić information content (AvgIpc) is 2.71. The lowest BCUT2D eigenvalue weighted by Crippen LogP contribution is -2.60. The molecule has 0 unspecified atom stereocenters. The van der Waals surface area contributed by atoms with Crippen LogP contribution in [0.4, 0.5) is 5.95 Å². The van der Waals surface area contributed by atoms with Crippen LogP contribution in [0.3, 0.4) is 0 Å². The van der Waals surface area contributed by atoms with Crippen LogP contribution in [0.2, 0.25) is 5.02 Å². The van der Waals surface area contributed by atoms with Crippen LogP contribution in [0.25, 0.3) is 0 Å². The van der Waals surface area contributed by atoms with Crippen LogP contribution >= 0.6 is 11.6 Å². The lowest BCUT2D eigenvalue weighted by atomic mass is 9.71. The highest BCUT2D eigenvalue weighted by Crippen LogP contribution is 2.40. The predicted molar refractivity (Wildman–Crippen MR) is 106 cm³/mol. The van der Waals surface area contributed by atoms with Crippen molar-refractivity contribution in [1.82, 2.24) is 19.9 Å². The topological polar surface area (TPSA) is 82.5 Å². The van der Waals surface area contributed by atoms with Crippen molar-refractivity contribution in [3.63, 3.8) is 0 Å². The molecular weight excluding hydrogens is 378 g/mol. The Morgan fingerprint density at radius 1 is 1.25 bits per heavy atom. The number of hydrogen-bond acceptors (Lipinski definition) is 6. The highest BCUT2D eigenvalue weighted by molar-refractivity contribution is 6.30. The molecule has 0 saturated carbocycles. The van der Waals surface area contributed by atoms with E-state index in [-0.39, 0.29) is 5.91 Å². The molecule has 2 aromatic heterocycles. The second-order valence-electron chi connectivity index (χ2n) is 7.79. The van der Waals surface area contributed by atoms with Gasteiger partial charge in [-0.3, -0.25) is 9.78 Å². The summed E-state index contributed by atoms with van der Waals surface area (Å²) in [5.41, 5.74) is 0.966. The normalized spacial score (nSPS) is 25.2. The van der Waals surface area contributed by atoms with Crippen molar-refractivity contribution in [3.05, 3.63) is 47.0 Å². The maximum atomic E-state index is 13.1. The van der Waals surface area contributed by atoms with E-state index in [2.05, 4.69) is 19.9 Å². The standard InChI is InChI=1S/C20H24ClN5O2/c1-14-4-2-7-22-17(14)18(28)25-8-3-6-20(12-25)13-26(9-5-16(20)27)19-23-10-15(21)11-24-19/h2,4,7,10-11,16,27H,3,5-6,8-9,12-13H2,1H3/t16-,20+/m1/s1. The highest BCUT2D eigenvalue weighted by atomic mass is 35.5. The molecule has 0 aliphatic carbocycles. The minimum Gasteiger partial charge on any atom is -0.392 e. The number of aromatic nitrogens is 3. The molecule has 1 amide bonds. The Balaban J connectivity index is 1.56. The molecular formula is C20H24ClN5O2. The van der Waals surface area contributed by atoms with Crippen LogP contribution in [0.5, 0.6) is 0 Å². The van der Waals surface area contributed by atoms with Crippen LogP contribution in [0.15, 0.2) is 30.7 Å². The molecule has 8 heteroatoms. The molecule has 4 rings (SSSR count). The number of aliphatic hydroxyl groups excluding tert-OH is 1. The zero-order valence-electron chi connectivity index (χ0n) is 15.9. The van der Waals surface area contributed by atoms with Gasteiger partial charge in [-0.15, -0.1) is 0 Å². The zero-order valence-corrected chi connectivity index (χ0v) is 16.6. The van der Waals surface area contributed by atoms with Crippen molar-refractivity contribution < 1.29 is 9.90 Å². The summed E-state index contributed by atoms with van der Waals surface area (Å²) in [5, 5.41) is 11.4. The Kier molecular flexibility index (Phi) is 5.21. The van der Waals surface area contributed by atoms with Gasteiger partial charge in [0.25, 0.3) is 5.91 Å². The van der Waals surface area contributed by atoms with E-state index in [1.165, 1.54) is 0 Å². The number of carbonyl (C=O) groups excluding carboxylic acids is 1. The molecule has 2 saturated heterocycles. The first kappa shape index (κ1) is 19.1. The molecule has 2 aliphatic heterocycles. The van der Waals surface area contributed by atoms with E-state index in [0.29, 0.717) is 49.3 Å². The summed E-state index contributed by atoms with van der Waals surface area (Å²) in [5.74, 6) is 0.545. The van der Waals surface area contributed by atoms with Gasteiger partial charge in [0.2, 0.25) is 5.95 Å². The molecule has 2 atom stereocenters. The first-order chi connectivity index (χ1) is 13.5. The van der Waals surface area contributed by atoms with E-state index in [1.54, 1.807) is 18.6 Å². The molecule has 1 N–H and O–H groups in total. The first-order valence-corrected chi connectivity index (χ1v) is 9.98. The lowest BCUT2D eigenvalue weighted by Gasteiger charge is -2.51. The monoisotopic (exact) mass is 401 g/mol. The number of piperidine rings is 2. The molecule has 2 aromatic rings. The predicted octanol–water partition coefficient (Wildman–Crippen LogP) is 2.33. The van der Waals surface area contributed by atoms with E-state index in [1.807, 2.05) is 24.0 Å². The molecule has 4 heterocycles. The number of nitrogens with zero attached hydrogens (tertiary/aromatic N) is 5. The van der Waals surface area contributed by atoms with Gasteiger partial charge >= 0.3 is 0 Å². The van der Waals surface area contributed by atoms with Crippen LogP contribution in [-0.4, -0.2) is 63.1 Å². The Bertz CT molecular complexity index is 862. The van der Waals surface area contributed by atoms with Crippen molar-refractivity contribution in [2.75, 3.05) is 31.1 Å². The summed E-state index contributed by atoms with van der Waals surface area (Å²) in [4.78, 5) is 29.9. The van der Waals surface area contributed by atoms with E-state index in [0.717, 1.165) is 18.4 Å². The number of likely N-dealkylation sites (tertiary alicyclic amines) is 1. The molecule has 0 bridgehead atoms. The van der Waals surface area contributed by atoms with Crippen molar-refractivity contribution in [2.45, 2.75) is 32.3 Å². The van der Waals surface area contributed by atoms with Gasteiger partial charge in [0, 0.05) is 37.8 Å². The summed E-state index contributed by atoms with van der Waals surface area (Å²) in [6, 6.07) is 3.73. The molecule has 7 nitrogen and oxygen atoms in total. The second kappa shape index (κ2) is 7.64. The number of aryl methyl sites for hydroxylation is 1. The van der Waals surface area contributed by atoms with Gasteiger partial charge in [0.05, 0.1) is 23.5 Å². The van der Waals surface area contributed by atoms with Gasteiger partial charge in [-0.2, -0.15) is 0 Å². The molecule has 2 fully saturated rings. The summed E-state index contributed by atoms with van der Waals surface area (Å²) < 4.78 is 0. The third-order valence-electron chi connectivity index (χ3n) is 5.88. The van der Waals surface area contributed by atoms with Gasteiger partial charge in [-0.25, -0.2) is 9.97 Å². The van der Waals surface area contributed by atoms with Gasteiger partial charge in [0.1, 0.15) is 5.69 Å². The number of halogens is 1. The van der Waals surface area contributed by atoms with Gasteiger partial charge in [-0.05, 0) is 37.8 Å². The lowest BCUT2D eigenvalue weighted by molar-refractivity contribution is -0.0365. The Labute approximate surface area is 169 Å². The van der Waals surface area contributed by atoms with Crippen LogP contribution in [0.1, 0.15) is 35.3 Å². The third-order valence-corrected chi connectivity index (χ3v) is 6.08. The quantitative estimate of drug-likeness (QED) is 0.831. The van der Waals surface area contributed by atoms with Crippen LogP contribution in [-0.2, 0) is 0 Å². The number of rotatable bonds is 2. The van der Waals surface area contributed by atoms with Gasteiger partial charge in [-0.1, -0.05) is 17.7 Å². The van der Waals surface area contributed by atoms with Gasteiger partial charge < -0.3 is 14.9 Å². The fraction of sp³-hybridized carbons (Fsp3) is 0.500. The minimum atomic E-state index is -0.462. The van der Waals surface area contributed by atoms with Gasteiger partial charge in [0.15, 0.2) is 0 Å². The SMILES string of the molecule is Cc1cccnc1C(=O)N1CCC[C@]2(C1)CN(c1ncc(Cl)cn1)CC[C@H]2O. The Morgan fingerprint density at radius 2 is 2.04 bits per heavy atom. The second-order valence-corrected chi connectivity index (χ2v) is 8.23. The van der Waals surface area contributed by atoms with Crippen LogP contribution in [0, 0.1) is 12.3 Å². The van der Waals surface area contributed by atoms with Crippen molar-refractivity contribution >= 4 is 23.5 Å². The van der Waals surface area contributed by atoms with Crippen LogP contribution < -0.4 is 4.90 Å². The number of anilines is 1. The molecule has 0 radical (unpaired) electrons. The Hall–Kier alpha value is -2.25. The summed E-state index contributed by atoms with van der Waals surface area (Å²) in [6.07, 6.45) is 6.69. The zero-order chi connectivity index (χ0) is 19.7. The number of carbonyl (C=O) groups is 1. The molecule has 1 spiro atoms. The van der Waals surface area contributed by atoms with E-state index < -0.39 is 11.5 Å². The molecule has 148 valence electrons. The Morgan fingerprint density at radius 3 is 2.79 bits per heavy atom. The fourth-order valence-electron chi connectivity index (χ4n) is 4.38. The fourth-order valence-corrected chi connectivity index (χ4v) is 4.48. The van der Waals surface area contributed by atoms with E-state index in [4.69, 9.17) is 11.6 Å². The average molecular weight is 402 g/mol. The maximum Gasteiger partial charge on any atom is 0.272 e. The molecule has 28 heavy (non-hydrogen) atoms. The maximum absolute atomic E-state index is 13.1. The number of aliphatic hydroxyl groups is 1. The largest absolute Gasteiger partial charge is 0.392 e. The number of hydrogen-bond donors (Lipinski definition) is 1. The van der Waals surface area contributed by atoms with Crippen molar-refractivity contribution in [3.8, 4) is 0 Å². The molecule has 2 aliphatic rings. The third kappa shape index (κ3) is 3.56. The summed E-state index contributed by atoms with van der Waals surface area (Å²) in [6.45, 7) is 4.38. The smallest absolute Gasteiger partial charge is 0.272 e. The molecule has 0 aromatic carbocycles. The minimum absolute atomic E-state index is 0.0655. The van der Waals surface area contributed by atoms with E-state index in [9.17, 15) is 9.90 Å². The van der Waals surface area contributed by atoms with Crippen molar-refractivity contribution in [2.24, 2.45) is 5.41 Å². The first-order valence-electron chi connectivity index (χ1n) is 9.60.